The van der Waals surface area contributed by atoms with Gasteiger partial charge in [-0.2, -0.15) is 4.31 Å². The third kappa shape index (κ3) is 5.34. The number of carbonyl (C=O) groups excluding carboxylic acids is 2. The van der Waals surface area contributed by atoms with Crippen molar-refractivity contribution in [2.45, 2.75) is 83.7 Å². The molecule has 1 aromatic carbocycles. The van der Waals surface area contributed by atoms with E-state index in [1.165, 1.54) is 28.5 Å². The SMILES string of the molecule is CCc1ccc(N2C(=O)CN(S(=O)(=O)CC)C[C@@]2(C)C(=O)NC2CCCCCCC2)cc1. The van der Waals surface area contributed by atoms with Gasteiger partial charge in [-0.15, -0.1) is 0 Å². The molecule has 0 spiro atoms. The Bertz CT molecular complexity index is 908. The van der Waals surface area contributed by atoms with Crippen molar-refractivity contribution in [2.24, 2.45) is 0 Å². The van der Waals surface area contributed by atoms with Crippen molar-refractivity contribution in [3.05, 3.63) is 29.8 Å². The summed E-state index contributed by atoms with van der Waals surface area (Å²) in [6, 6.07) is 7.65. The van der Waals surface area contributed by atoms with Crippen LogP contribution in [0.4, 0.5) is 5.69 Å². The number of benzene rings is 1. The van der Waals surface area contributed by atoms with Crippen LogP contribution in [0.5, 0.6) is 0 Å². The van der Waals surface area contributed by atoms with Gasteiger partial charge >= 0.3 is 0 Å². The maximum absolute atomic E-state index is 13.7. The number of aryl methyl sites for hydroxylation is 1. The number of rotatable bonds is 6. The molecule has 1 saturated heterocycles. The molecule has 1 saturated carbocycles. The van der Waals surface area contributed by atoms with Crippen molar-refractivity contribution < 1.29 is 18.0 Å². The van der Waals surface area contributed by atoms with Crippen molar-refractivity contribution in [3.8, 4) is 0 Å². The Morgan fingerprint density at radius 1 is 1.06 bits per heavy atom. The smallest absolute Gasteiger partial charge is 0.247 e. The standard InChI is InChI=1S/C24H37N3O4S/c1-4-19-13-15-21(16-14-19)27-22(28)17-26(32(30,31)5-2)18-24(27,3)23(29)25-20-11-9-7-6-8-10-12-20/h13-16,20H,4-12,17-18H2,1-3H3,(H,25,29)/t24-/m0/s1. The molecule has 1 aromatic rings. The van der Waals surface area contributed by atoms with Gasteiger partial charge in [-0.1, -0.05) is 51.2 Å². The highest BCUT2D eigenvalue weighted by molar-refractivity contribution is 7.89. The van der Waals surface area contributed by atoms with Crippen LogP contribution in [0, 0.1) is 0 Å². The highest BCUT2D eigenvalue weighted by Gasteiger charge is 2.50. The summed E-state index contributed by atoms with van der Waals surface area (Å²) in [4.78, 5) is 28.5. The molecule has 7 nitrogen and oxygen atoms in total. The number of anilines is 1. The maximum atomic E-state index is 13.7. The van der Waals surface area contributed by atoms with Gasteiger partial charge in [0.05, 0.1) is 12.3 Å². The molecule has 3 rings (SSSR count). The summed E-state index contributed by atoms with van der Waals surface area (Å²) < 4.78 is 26.4. The molecule has 0 bridgehead atoms. The lowest BCUT2D eigenvalue weighted by molar-refractivity contribution is -0.133. The van der Waals surface area contributed by atoms with Gasteiger partial charge in [0.2, 0.25) is 21.8 Å². The number of amides is 2. The predicted octanol–water partition coefficient (Wildman–Crippen LogP) is 3.24. The Kier molecular flexibility index (Phi) is 7.98. The topological polar surface area (TPSA) is 86.8 Å². The number of carbonyl (C=O) groups is 2. The third-order valence-electron chi connectivity index (χ3n) is 6.83. The maximum Gasteiger partial charge on any atom is 0.247 e. The average molecular weight is 464 g/mol. The zero-order valence-electron chi connectivity index (χ0n) is 19.6. The van der Waals surface area contributed by atoms with Crippen molar-refractivity contribution in [1.29, 1.82) is 0 Å². The van der Waals surface area contributed by atoms with Crippen molar-refractivity contribution in [3.63, 3.8) is 0 Å². The second-order valence-corrected chi connectivity index (χ2v) is 11.5. The molecular weight excluding hydrogens is 426 g/mol. The molecule has 0 radical (unpaired) electrons. The zero-order valence-corrected chi connectivity index (χ0v) is 20.4. The van der Waals surface area contributed by atoms with Crippen LogP contribution in [0.2, 0.25) is 0 Å². The van der Waals surface area contributed by atoms with Crippen molar-refractivity contribution in [1.82, 2.24) is 9.62 Å². The van der Waals surface area contributed by atoms with Gasteiger partial charge in [0.25, 0.3) is 0 Å². The van der Waals surface area contributed by atoms with E-state index >= 15 is 0 Å². The van der Waals surface area contributed by atoms with Gasteiger partial charge < -0.3 is 5.32 Å². The van der Waals surface area contributed by atoms with E-state index in [1.54, 1.807) is 13.8 Å². The second kappa shape index (κ2) is 10.3. The molecule has 8 heteroatoms. The van der Waals surface area contributed by atoms with E-state index in [0.717, 1.165) is 37.7 Å². The predicted molar refractivity (Wildman–Crippen MR) is 127 cm³/mol. The summed E-state index contributed by atoms with van der Waals surface area (Å²) in [5.41, 5.74) is 0.429. The molecule has 1 aliphatic carbocycles. The van der Waals surface area contributed by atoms with Crippen LogP contribution in [0.25, 0.3) is 0 Å². The first-order valence-electron chi connectivity index (χ1n) is 11.9. The number of piperazine rings is 1. The lowest BCUT2D eigenvalue weighted by Crippen LogP contribution is -2.71. The minimum Gasteiger partial charge on any atom is -0.351 e. The molecule has 1 aliphatic heterocycles. The van der Waals surface area contributed by atoms with E-state index in [1.807, 2.05) is 24.3 Å². The van der Waals surface area contributed by atoms with Gasteiger partial charge in [-0.05, 0) is 50.8 Å². The number of hydrogen-bond acceptors (Lipinski definition) is 4. The Labute approximate surface area is 192 Å². The van der Waals surface area contributed by atoms with Crippen LogP contribution < -0.4 is 10.2 Å². The van der Waals surface area contributed by atoms with Crippen LogP contribution in [0.3, 0.4) is 0 Å². The lowest BCUT2D eigenvalue weighted by Gasteiger charge is -2.47. The van der Waals surface area contributed by atoms with Crippen LogP contribution in [-0.4, -0.2) is 55.0 Å². The monoisotopic (exact) mass is 463 g/mol. The van der Waals surface area contributed by atoms with Crippen molar-refractivity contribution in [2.75, 3.05) is 23.7 Å². The molecule has 0 unspecified atom stereocenters. The quantitative estimate of drug-likeness (QED) is 0.702. The Balaban J connectivity index is 1.94. The number of sulfonamides is 1. The minimum atomic E-state index is -3.61. The number of nitrogens with one attached hydrogen (secondary N) is 1. The Morgan fingerprint density at radius 3 is 2.22 bits per heavy atom. The molecule has 2 aliphatic rings. The highest BCUT2D eigenvalue weighted by Crippen LogP contribution is 2.31. The summed E-state index contributed by atoms with van der Waals surface area (Å²) in [5.74, 6) is -0.772. The van der Waals surface area contributed by atoms with Gasteiger partial charge in [-0.3, -0.25) is 14.5 Å². The van der Waals surface area contributed by atoms with E-state index in [2.05, 4.69) is 12.2 Å². The van der Waals surface area contributed by atoms with E-state index in [-0.39, 0.29) is 36.7 Å². The highest BCUT2D eigenvalue weighted by atomic mass is 32.2. The van der Waals surface area contributed by atoms with Gasteiger partial charge in [0.1, 0.15) is 5.54 Å². The first-order chi connectivity index (χ1) is 15.2. The normalized spacial score (nSPS) is 24.1. The average Bonchev–Trinajstić information content (AvgIpc) is 2.75. The Morgan fingerprint density at radius 2 is 1.66 bits per heavy atom. The fourth-order valence-electron chi connectivity index (χ4n) is 4.77. The van der Waals surface area contributed by atoms with E-state index in [4.69, 9.17) is 0 Å². The third-order valence-corrected chi connectivity index (χ3v) is 8.60. The van der Waals surface area contributed by atoms with Crippen LogP contribution in [0.15, 0.2) is 24.3 Å². The first kappa shape index (κ1) is 24.7. The van der Waals surface area contributed by atoms with Crippen LogP contribution in [0.1, 0.15) is 71.3 Å². The summed E-state index contributed by atoms with van der Waals surface area (Å²) in [6.07, 6.45) is 8.41. The lowest BCUT2D eigenvalue weighted by atomic mass is 9.92. The fraction of sp³-hybridized carbons (Fsp3) is 0.667. The summed E-state index contributed by atoms with van der Waals surface area (Å²) in [6.45, 7) is 5.00. The summed E-state index contributed by atoms with van der Waals surface area (Å²) in [5, 5.41) is 3.18. The van der Waals surface area contributed by atoms with Crippen LogP contribution in [-0.2, 0) is 26.0 Å². The van der Waals surface area contributed by atoms with E-state index < -0.39 is 15.6 Å². The Hall–Kier alpha value is -1.93. The molecule has 1 heterocycles. The zero-order chi connectivity index (χ0) is 23.4. The van der Waals surface area contributed by atoms with Gasteiger partial charge in [-0.25, -0.2) is 8.42 Å². The minimum absolute atomic E-state index is 0.0526. The number of hydrogen-bond donors (Lipinski definition) is 1. The molecular formula is C24H37N3O4S. The van der Waals surface area contributed by atoms with E-state index in [9.17, 15) is 18.0 Å². The largest absolute Gasteiger partial charge is 0.351 e. The molecule has 2 amide bonds. The molecule has 0 aromatic heterocycles. The summed E-state index contributed by atoms with van der Waals surface area (Å²) in [7, 11) is -3.61. The molecule has 178 valence electrons. The van der Waals surface area contributed by atoms with Crippen molar-refractivity contribution >= 4 is 27.5 Å². The van der Waals surface area contributed by atoms with Crippen LogP contribution >= 0.6 is 0 Å². The second-order valence-electron chi connectivity index (χ2n) is 9.21. The molecule has 2 fully saturated rings. The van der Waals surface area contributed by atoms with E-state index in [0.29, 0.717) is 5.69 Å². The van der Waals surface area contributed by atoms with Gasteiger partial charge in [0, 0.05) is 18.3 Å². The summed E-state index contributed by atoms with van der Waals surface area (Å²) >= 11 is 0. The fourth-order valence-corrected chi connectivity index (χ4v) is 5.89. The molecule has 1 atom stereocenters. The van der Waals surface area contributed by atoms with Gasteiger partial charge in [0.15, 0.2) is 0 Å². The number of nitrogens with zero attached hydrogens (tertiary/aromatic N) is 2. The molecule has 1 N–H and O–H groups in total. The molecule has 32 heavy (non-hydrogen) atoms. The first-order valence-corrected chi connectivity index (χ1v) is 13.5.